The molecule has 2 atom stereocenters. The molecule has 2 unspecified atom stereocenters. The Morgan fingerprint density at radius 3 is 2.44 bits per heavy atom. The van der Waals surface area contributed by atoms with E-state index >= 15 is 0 Å². The largest absolute Gasteiger partial charge is 0.378 e. The van der Waals surface area contributed by atoms with Crippen LogP contribution in [0, 0.1) is 5.41 Å². The van der Waals surface area contributed by atoms with Crippen LogP contribution in [0.3, 0.4) is 0 Å². The Morgan fingerprint density at radius 1 is 1.39 bits per heavy atom. The summed E-state index contributed by atoms with van der Waals surface area (Å²) in [7, 11) is 0.0270. The molecule has 0 aromatic carbocycles. The van der Waals surface area contributed by atoms with Crippen LogP contribution in [-0.4, -0.2) is 57.9 Å². The van der Waals surface area contributed by atoms with E-state index in [0.717, 1.165) is 13.0 Å². The highest BCUT2D eigenvalue weighted by Crippen LogP contribution is 2.42. The molecule has 6 heteroatoms. The third-order valence-electron chi connectivity index (χ3n) is 3.85. The van der Waals surface area contributed by atoms with E-state index in [4.69, 9.17) is 4.74 Å². The fourth-order valence-corrected chi connectivity index (χ4v) is 3.00. The summed E-state index contributed by atoms with van der Waals surface area (Å²) in [5.74, 6) is 0.145. The molecule has 0 amide bonds. The minimum absolute atomic E-state index is 0.0812. The summed E-state index contributed by atoms with van der Waals surface area (Å²) in [5.41, 5.74) is 0.0812. The van der Waals surface area contributed by atoms with Gasteiger partial charge >= 0.3 is 0 Å². The van der Waals surface area contributed by atoms with Gasteiger partial charge in [-0.15, -0.1) is 0 Å². The van der Waals surface area contributed by atoms with Crippen molar-refractivity contribution in [1.29, 1.82) is 0 Å². The quantitative estimate of drug-likeness (QED) is 0.744. The molecule has 1 aliphatic rings. The van der Waals surface area contributed by atoms with Gasteiger partial charge in [0, 0.05) is 38.7 Å². The number of rotatable bonds is 7. The molecule has 1 rings (SSSR count). The Balaban J connectivity index is 2.35. The van der Waals surface area contributed by atoms with E-state index < -0.39 is 10.0 Å². The number of hydrogen-bond acceptors (Lipinski definition) is 4. The third-order valence-corrected chi connectivity index (χ3v) is 5.69. The van der Waals surface area contributed by atoms with Crippen molar-refractivity contribution in [3.05, 3.63) is 0 Å². The fraction of sp³-hybridized carbons (Fsp3) is 1.00. The van der Waals surface area contributed by atoms with Gasteiger partial charge in [0.25, 0.3) is 0 Å². The average Bonchev–Trinajstić information content (AvgIpc) is 2.26. The van der Waals surface area contributed by atoms with Gasteiger partial charge in [0.2, 0.25) is 10.0 Å². The van der Waals surface area contributed by atoms with Crippen molar-refractivity contribution < 1.29 is 13.2 Å². The topological polar surface area (TPSA) is 58.6 Å². The number of sulfonamides is 1. The Labute approximate surface area is 111 Å². The lowest BCUT2D eigenvalue weighted by molar-refractivity contribution is -0.113. The number of ether oxygens (including phenoxy) is 1. The fourth-order valence-electron chi connectivity index (χ4n) is 2.26. The molecule has 18 heavy (non-hydrogen) atoms. The molecule has 1 N–H and O–H groups in total. The van der Waals surface area contributed by atoms with Crippen molar-refractivity contribution in [3.63, 3.8) is 0 Å². The lowest BCUT2D eigenvalue weighted by Gasteiger charge is -2.52. The lowest BCUT2D eigenvalue weighted by Crippen LogP contribution is -2.61. The molecule has 0 spiro atoms. The van der Waals surface area contributed by atoms with E-state index in [2.05, 4.69) is 19.2 Å². The first-order valence-corrected chi connectivity index (χ1v) is 8.08. The van der Waals surface area contributed by atoms with Crippen molar-refractivity contribution >= 4 is 10.0 Å². The second kappa shape index (κ2) is 5.86. The van der Waals surface area contributed by atoms with Gasteiger partial charge in [-0.1, -0.05) is 13.8 Å². The maximum Gasteiger partial charge on any atom is 0.214 e. The van der Waals surface area contributed by atoms with E-state index in [1.165, 1.54) is 4.31 Å². The van der Waals surface area contributed by atoms with Crippen LogP contribution in [0.15, 0.2) is 0 Å². The zero-order valence-electron chi connectivity index (χ0n) is 12.1. The molecule has 5 nitrogen and oxygen atoms in total. The van der Waals surface area contributed by atoms with Crippen molar-refractivity contribution in [1.82, 2.24) is 9.62 Å². The number of nitrogens with one attached hydrogen (secondary N) is 1. The van der Waals surface area contributed by atoms with Gasteiger partial charge in [-0.2, -0.15) is 0 Å². The lowest BCUT2D eigenvalue weighted by atomic mass is 9.64. The maximum atomic E-state index is 11.6. The summed E-state index contributed by atoms with van der Waals surface area (Å²) >= 11 is 0. The van der Waals surface area contributed by atoms with E-state index in [1.54, 1.807) is 14.1 Å². The summed E-state index contributed by atoms with van der Waals surface area (Å²) in [5, 5.41) is 3.32. The predicted molar refractivity (Wildman–Crippen MR) is 73.1 cm³/mol. The molecule has 0 aromatic rings. The molecule has 0 radical (unpaired) electrons. The first-order chi connectivity index (χ1) is 8.21. The summed E-state index contributed by atoms with van der Waals surface area (Å²) in [6, 6.07) is 0.339. The molecular formula is C12H26N2O3S. The Morgan fingerprint density at radius 2 is 2.00 bits per heavy atom. The minimum atomic E-state index is -3.10. The van der Waals surface area contributed by atoms with Gasteiger partial charge in [-0.3, -0.25) is 0 Å². The smallest absolute Gasteiger partial charge is 0.214 e. The molecule has 0 bridgehead atoms. The molecule has 1 saturated carbocycles. The summed E-state index contributed by atoms with van der Waals surface area (Å²) in [6.45, 7) is 7.55. The summed E-state index contributed by atoms with van der Waals surface area (Å²) in [6.07, 6.45) is 1.24. The number of hydrogen-bond donors (Lipinski definition) is 1. The highest BCUT2D eigenvalue weighted by Gasteiger charge is 2.48. The van der Waals surface area contributed by atoms with Gasteiger partial charge in [-0.05, 0) is 13.3 Å². The van der Waals surface area contributed by atoms with Crippen LogP contribution in [0.2, 0.25) is 0 Å². The van der Waals surface area contributed by atoms with E-state index in [1.807, 2.05) is 6.92 Å². The van der Waals surface area contributed by atoms with Crippen molar-refractivity contribution in [2.24, 2.45) is 5.41 Å². The molecule has 1 fully saturated rings. The Bertz CT molecular complexity index is 366. The summed E-state index contributed by atoms with van der Waals surface area (Å²) in [4.78, 5) is 0. The normalized spacial score (nSPS) is 27.2. The van der Waals surface area contributed by atoms with Gasteiger partial charge in [0.05, 0.1) is 11.9 Å². The zero-order chi connectivity index (χ0) is 14.0. The Hall–Kier alpha value is -0.170. The monoisotopic (exact) mass is 278 g/mol. The molecule has 108 valence electrons. The highest BCUT2D eigenvalue weighted by atomic mass is 32.2. The van der Waals surface area contributed by atoms with Gasteiger partial charge < -0.3 is 10.1 Å². The molecular weight excluding hydrogens is 252 g/mol. The van der Waals surface area contributed by atoms with Crippen LogP contribution in [0.25, 0.3) is 0 Å². The third kappa shape index (κ3) is 3.44. The molecule has 0 aliphatic heterocycles. The van der Waals surface area contributed by atoms with Crippen LogP contribution < -0.4 is 5.32 Å². The van der Waals surface area contributed by atoms with E-state index in [-0.39, 0.29) is 17.3 Å². The molecule has 1 aliphatic carbocycles. The SMILES string of the molecule is CCOC1CC(NCCS(=O)(=O)N(C)C)C1(C)C. The molecule has 0 aromatic heterocycles. The van der Waals surface area contributed by atoms with Crippen molar-refractivity contribution in [2.45, 2.75) is 39.3 Å². The molecule has 0 heterocycles. The minimum Gasteiger partial charge on any atom is -0.378 e. The first-order valence-electron chi connectivity index (χ1n) is 6.47. The van der Waals surface area contributed by atoms with Crippen LogP contribution in [-0.2, 0) is 14.8 Å². The zero-order valence-corrected chi connectivity index (χ0v) is 12.9. The van der Waals surface area contributed by atoms with Crippen molar-refractivity contribution in [3.8, 4) is 0 Å². The van der Waals surface area contributed by atoms with Gasteiger partial charge in [0.15, 0.2) is 0 Å². The maximum absolute atomic E-state index is 11.6. The highest BCUT2D eigenvalue weighted by molar-refractivity contribution is 7.89. The van der Waals surface area contributed by atoms with E-state index in [9.17, 15) is 8.42 Å². The first kappa shape index (κ1) is 15.9. The van der Waals surface area contributed by atoms with Crippen LogP contribution in [0.4, 0.5) is 0 Å². The predicted octanol–water partition coefficient (Wildman–Crippen LogP) is 0.671. The average molecular weight is 278 g/mol. The van der Waals surface area contributed by atoms with Crippen LogP contribution in [0.1, 0.15) is 27.2 Å². The van der Waals surface area contributed by atoms with Crippen LogP contribution >= 0.6 is 0 Å². The van der Waals surface area contributed by atoms with Gasteiger partial charge in [-0.25, -0.2) is 12.7 Å². The number of nitrogens with zero attached hydrogens (tertiary/aromatic N) is 1. The van der Waals surface area contributed by atoms with Gasteiger partial charge in [0.1, 0.15) is 0 Å². The Kier molecular flexibility index (Phi) is 5.17. The van der Waals surface area contributed by atoms with Crippen molar-refractivity contribution in [2.75, 3.05) is 33.0 Å². The second-order valence-electron chi connectivity index (χ2n) is 5.61. The van der Waals surface area contributed by atoms with Crippen LogP contribution in [0.5, 0.6) is 0 Å². The van der Waals surface area contributed by atoms with E-state index in [0.29, 0.717) is 12.6 Å². The second-order valence-corrected chi connectivity index (χ2v) is 7.91. The molecule has 0 saturated heterocycles. The summed E-state index contributed by atoms with van der Waals surface area (Å²) < 4.78 is 30.1. The standard InChI is InChI=1S/C12H26N2O3S/c1-6-17-11-9-10(12(11,2)3)13-7-8-18(15,16)14(4)5/h10-11,13H,6-9H2,1-5H3.